The normalized spacial score (nSPS) is 8.18. The van der Waals surface area contributed by atoms with Crippen LogP contribution in [0.25, 0.3) is 0 Å². The number of nitrogens with two attached hydrogens (primary N) is 2. The van der Waals surface area contributed by atoms with Gasteiger partial charge in [-0.15, -0.1) is 0 Å². The van der Waals surface area contributed by atoms with E-state index in [0.29, 0.717) is 11.4 Å². The molecule has 0 aliphatic rings. The van der Waals surface area contributed by atoms with E-state index in [0.717, 1.165) is 0 Å². The molecule has 0 saturated carbocycles. The second kappa shape index (κ2) is 5.56. The van der Waals surface area contributed by atoms with Crippen molar-refractivity contribution in [1.29, 1.82) is 0 Å². The lowest BCUT2D eigenvalue weighted by Crippen LogP contribution is -1.91. The van der Waals surface area contributed by atoms with Crippen LogP contribution in [-0.2, 0) is 0 Å². The molecule has 1 aromatic carbocycles. The summed E-state index contributed by atoms with van der Waals surface area (Å²) >= 11 is 0. The van der Waals surface area contributed by atoms with Crippen molar-refractivity contribution in [2.24, 2.45) is 0 Å². The van der Waals surface area contributed by atoms with E-state index < -0.39 is 0 Å². The molecule has 0 bridgehead atoms. The predicted octanol–water partition coefficient (Wildman–Crippen LogP) is 0.687. The van der Waals surface area contributed by atoms with Gasteiger partial charge in [0.05, 0.1) is 11.4 Å². The Morgan fingerprint density at radius 1 is 1.00 bits per heavy atom. The quantitative estimate of drug-likeness (QED) is 0.480. The van der Waals surface area contributed by atoms with Crippen molar-refractivity contribution in [3.05, 3.63) is 24.3 Å². The number of nitrogens with one attached hydrogen (secondary N) is 1. The second-order valence-electron chi connectivity index (χ2n) is 2.13. The molecule has 0 aliphatic heterocycles. The third-order valence-electron chi connectivity index (χ3n) is 0.996. The van der Waals surface area contributed by atoms with Crippen LogP contribution >= 0.6 is 0 Å². The molecule has 3 nitrogen and oxygen atoms in total. The zero-order valence-corrected chi connectivity index (χ0v) is 6.96. The summed E-state index contributed by atoms with van der Waals surface area (Å²) < 4.78 is 0. The lowest BCUT2D eigenvalue weighted by Gasteiger charge is -1.94. The average molecular weight is 153 g/mol. The average Bonchev–Trinajstić information content (AvgIpc) is 1.97. The highest BCUT2D eigenvalue weighted by molar-refractivity contribution is 5.62. The van der Waals surface area contributed by atoms with Gasteiger partial charge in [0.2, 0.25) is 0 Å². The summed E-state index contributed by atoms with van der Waals surface area (Å²) in [5, 5.41) is 2.75. The Labute approximate surface area is 67.4 Å². The van der Waals surface area contributed by atoms with Gasteiger partial charge in [-0.1, -0.05) is 12.1 Å². The highest BCUT2D eigenvalue weighted by Gasteiger charge is 1.85. The maximum Gasteiger partial charge on any atom is 0.0547 e. The van der Waals surface area contributed by atoms with Crippen molar-refractivity contribution in [2.45, 2.75) is 0 Å². The summed E-state index contributed by atoms with van der Waals surface area (Å²) in [6, 6.07) is 7.25. The number of hydrogen-bond donors (Lipinski definition) is 3. The van der Waals surface area contributed by atoms with Crippen molar-refractivity contribution >= 4 is 11.4 Å². The summed E-state index contributed by atoms with van der Waals surface area (Å²) in [7, 11) is 3.75. The fourth-order valence-corrected chi connectivity index (χ4v) is 0.511. The molecule has 0 aromatic heterocycles. The van der Waals surface area contributed by atoms with Crippen LogP contribution in [0.4, 0.5) is 11.4 Å². The Balaban J connectivity index is 0.000000292. The van der Waals surface area contributed by atoms with Gasteiger partial charge in [0.15, 0.2) is 0 Å². The molecule has 0 spiro atoms. The van der Waals surface area contributed by atoms with Gasteiger partial charge >= 0.3 is 0 Å². The molecular weight excluding hydrogens is 138 g/mol. The highest BCUT2D eigenvalue weighted by atomic mass is 14.7. The van der Waals surface area contributed by atoms with Crippen LogP contribution in [-0.4, -0.2) is 14.1 Å². The lowest BCUT2D eigenvalue weighted by molar-refractivity contribution is 1.02. The fraction of sp³-hybridized carbons (Fsp3) is 0.250. The second-order valence-corrected chi connectivity index (χ2v) is 2.13. The zero-order valence-electron chi connectivity index (χ0n) is 6.96. The topological polar surface area (TPSA) is 64.1 Å². The Bertz CT molecular complexity index is 177. The van der Waals surface area contributed by atoms with Crippen molar-refractivity contribution in [2.75, 3.05) is 25.6 Å². The summed E-state index contributed by atoms with van der Waals surface area (Å²) in [5.74, 6) is 0. The largest absolute Gasteiger partial charge is 0.397 e. The van der Waals surface area contributed by atoms with Gasteiger partial charge in [0.25, 0.3) is 0 Å². The summed E-state index contributed by atoms with van der Waals surface area (Å²) in [6.45, 7) is 0. The SMILES string of the molecule is CNC.Nc1ccccc1N. The van der Waals surface area contributed by atoms with Gasteiger partial charge in [0.1, 0.15) is 0 Å². The molecule has 0 saturated heterocycles. The van der Waals surface area contributed by atoms with E-state index in [1.54, 1.807) is 12.1 Å². The standard InChI is InChI=1S/C6H8N2.C2H7N/c7-5-3-1-2-4-6(5)8;1-3-2/h1-4H,7-8H2;3H,1-2H3. The number of anilines is 2. The van der Waals surface area contributed by atoms with Crippen LogP contribution in [0.15, 0.2) is 24.3 Å². The molecule has 0 radical (unpaired) electrons. The number of para-hydroxylation sites is 2. The Morgan fingerprint density at radius 2 is 1.27 bits per heavy atom. The van der Waals surface area contributed by atoms with E-state index in [4.69, 9.17) is 11.5 Å². The summed E-state index contributed by atoms with van der Waals surface area (Å²) in [5.41, 5.74) is 12.1. The molecule has 1 aromatic rings. The van der Waals surface area contributed by atoms with Gasteiger partial charge in [-0.25, -0.2) is 0 Å². The van der Waals surface area contributed by atoms with Gasteiger partial charge < -0.3 is 16.8 Å². The number of hydrogen-bond acceptors (Lipinski definition) is 3. The van der Waals surface area contributed by atoms with Crippen LogP contribution in [0.5, 0.6) is 0 Å². The van der Waals surface area contributed by atoms with Crippen LogP contribution in [0, 0.1) is 0 Å². The van der Waals surface area contributed by atoms with Crippen LogP contribution < -0.4 is 16.8 Å². The summed E-state index contributed by atoms with van der Waals surface area (Å²) in [6.07, 6.45) is 0. The smallest absolute Gasteiger partial charge is 0.0547 e. The number of nitrogen functional groups attached to an aromatic ring is 2. The van der Waals surface area contributed by atoms with Crippen molar-refractivity contribution in [1.82, 2.24) is 5.32 Å². The molecule has 11 heavy (non-hydrogen) atoms. The molecule has 0 fully saturated rings. The highest BCUT2D eigenvalue weighted by Crippen LogP contribution is 2.10. The van der Waals surface area contributed by atoms with Gasteiger partial charge in [-0.3, -0.25) is 0 Å². The molecule has 0 atom stereocenters. The third kappa shape index (κ3) is 4.22. The van der Waals surface area contributed by atoms with E-state index in [2.05, 4.69) is 5.32 Å². The van der Waals surface area contributed by atoms with Crippen LogP contribution in [0.3, 0.4) is 0 Å². The number of rotatable bonds is 0. The minimum absolute atomic E-state index is 0.646. The van der Waals surface area contributed by atoms with E-state index in [1.807, 2.05) is 26.2 Å². The molecular formula is C8H15N3. The molecule has 1 rings (SSSR count). The van der Waals surface area contributed by atoms with E-state index in [-0.39, 0.29) is 0 Å². The Morgan fingerprint density at radius 3 is 1.45 bits per heavy atom. The van der Waals surface area contributed by atoms with E-state index >= 15 is 0 Å². The lowest BCUT2D eigenvalue weighted by atomic mass is 10.3. The van der Waals surface area contributed by atoms with Crippen LogP contribution in [0.2, 0.25) is 0 Å². The molecule has 0 heterocycles. The minimum Gasteiger partial charge on any atom is -0.397 e. The monoisotopic (exact) mass is 153 g/mol. The first-order chi connectivity index (χ1) is 5.22. The first kappa shape index (κ1) is 9.78. The first-order valence-electron chi connectivity index (χ1n) is 3.40. The first-order valence-corrected chi connectivity index (χ1v) is 3.40. The van der Waals surface area contributed by atoms with Gasteiger partial charge in [-0.2, -0.15) is 0 Å². The maximum absolute atomic E-state index is 5.39. The molecule has 0 unspecified atom stereocenters. The molecule has 5 N–H and O–H groups in total. The molecule has 62 valence electrons. The van der Waals surface area contributed by atoms with Crippen molar-refractivity contribution in [3.63, 3.8) is 0 Å². The molecule has 0 amide bonds. The van der Waals surface area contributed by atoms with E-state index in [9.17, 15) is 0 Å². The summed E-state index contributed by atoms with van der Waals surface area (Å²) in [4.78, 5) is 0. The van der Waals surface area contributed by atoms with Gasteiger partial charge in [0, 0.05) is 0 Å². The van der Waals surface area contributed by atoms with Crippen molar-refractivity contribution in [3.8, 4) is 0 Å². The van der Waals surface area contributed by atoms with E-state index in [1.165, 1.54) is 0 Å². The maximum atomic E-state index is 5.39. The van der Waals surface area contributed by atoms with Gasteiger partial charge in [-0.05, 0) is 26.2 Å². The molecule has 3 heteroatoms. The van der Waals surface area contributed by atoms with Crippen molar-refractivity contribution < 1.29 is 0 Å². The minimum atomic E-state index is 0.646. The predicted molar refractivity (Wildman–Crippen MR) is 50.3 cm³/mol. The third-order valence-corrected chi connectivity index (χ3v) is 0.996. The Kier molecular flexibility index (Phi) is 4.94. The number of benzene rings is 1. The fourth-order valence-electron chi connectivity index (χ4n) is 0.511. The molecule has 0 aliphatic carbocycles. The van der Waals surface area contributed by atoms with Crippen LogP contribution in [0.1, 0.15) is 0 Å². The zero-order chi connectivity index (χ0) is 8.69. The Hall–Kier alpha value is -1.22.